The van der Waals surface area contributed by atoms with Crippen LogP contribution in [-0.4, -0.2) is 228 Å². The third kappa shape index (κ3) is 9.26. The molecule has 0 spiro atoms. The Balaban J connectivity index is 1.27. The maximum Gasteiger partial charge on any atom is 0.143 e. The Morgan fingerprint density at radius 3 is 1.21 bits per heavy atom. The summed E-state index contributed by atoms with van der Waals surface area (Å²) in [5, 5.41) is 8.08. The van der Waals surface area contributed by atoms with Crippen molar-refractivity contribution in [2.75, 3.05) is 4.90 Å². The zero-order valence-electron chi connectivity index (χ0n) is 58.5. The van der Waals surface area contributed by atoms with Gasteiger partial charge in [-0.3, -0.25) is 0 Å². The number of furan rings is 1. The minimum absolute atomic E-state index is 0.996. The minimum atomic E-state index is 0.996. The molecule has 1 aromatic heterocycles. The van der Waals surface area contributed by atoms with Gasteiger partial charge in [0, 0.05) is 33.4 Å². The van der Waals surface area contributed by atoms with Crippen LogP contribution in [0.4, 0.5) is 17.1 Å². The van der Waals surface area contributed by atoms with Gasteiger partial charge in [0.25, 0.3) is 0 Å². The van der Waals surface area contributed by atoms with E-state index in [0.29, 0.717) is 0 Å². The number of hydrogen-bond donors (Lipinski definition) is 0. The number of anilines is 3. The molecule has 11 aromatic rings. The summed E-state index contributed by atoms with van der Waals surface area (Å²) in [5.41, 5.74) is 54.1. The first-order valence-corrected chi connectivity index (χ1v) is 31.9. The van der Waals surface area contributed by atoms with Crippen LogP contribution in [0, 0.1) is 0 Å². The molecule has 0 saturated carbocycles. The lowest BCUT2D eigenvalue weighted by atomic mass is 9.59. The van der Waals surface area contributed by atoms with Gasteiger partial charge in [-0.05, 0) is 84.8 Å². The maximum absolute atomic E-state index is 7.30. The van der Waals surface area contributed by atoms with Gasteiger partial charge in [0.1, 0.15) is 239 Å². The zero-order valence-corrected chi connectivity index (χ0v) is 58.5. The highest BCUT2D eigenvalue weighted by Gasteiger charge is 2.30. The van der Waals surface area contributed by atoms with E-state index in [4.69, 9.17) is 4.42 Å². The molecule has 0 fully saturated rings. The molecule has 0 aliphatic carbocycles. The highest BCUT2D eigenvalue weighted by molar-refractivity contribution is 6.74. The van der Waals surface area contributed by atoms with E-state index in [1.807, 2.05) is 0 Å². The number of benzene rings is 10. The average molecular weight is 1080 g/mol. The summed E-state index contributed by atoms with van der Waals surface area (Å²) in [4.78, 5) is 2.65. The fraction of sp³-hybridized carbons (Fsp3) is 0. The van der Waals surface area contributed by atoms with Crippen molar-refractivity contribution in [2.24, 2.45) is 0 Å². The standard InChI is InChI=1S/C56H66B29NO/c57-14-3-10(4-15(58)26(14)30-45(76)49(80)46(77)31-32-47(78)52(83)53(84)54(85)56(32)87-55(30)31)86(21-7-11(12-5-19(62)36(67)48(79)33(12)64)23(40(71)37(21)68)9-1-17(60)34(65)18(61)2-9)22-8-16(59)27(42(73)38(22)69)24-13-6-20(63)35(66)41(72)25(13)28-29(39(24)70)44(75)51(82)50(81)43(28)74/h1-8H,57-85H2. The highest BCUT2D eigenvalue weighted by atomic mass is 16.3. The predicted molar refractivity (Wildman–Crippen MR) is 482 cm³/mol. The number of hydrogen-bond acceptors (Lipinski definition) is 2. The first-order chi connectivity index (χ1) is 40.8. The van der Waals surface area contributed by atoms with E-state index in [0.717, 1.165) is 16.9 Å². The zero-order chi connectivity index (χ0) is 63.7. The van der Waals surface area contributed by atoms with Gasteiger partial charge in [0.15, 0.2) is 0 Å². The molecule has 0 unspecified atom stereocenters. The van der Waals surface area contributed by atoms with E-state index >= 15 is 0 Å². The van der Waals surface area contributed by atoms with Crippen molar-refractivity contribution in [3.8, 4) is 44.5 Å². The van der Waals surface area contributed by atoms with E-state index < -0.39 is 0 Å². The van der Waals surface area contributed by atoms with Crippen LogP contribution in [0.5, 0.6) is 0 Å². The molecule has 87 heavy (non-hydrogen) atoms. The molecule has 0 bridgehead atoms. The molecular weight excluding hydrogens is 1020 g/mol. The van der Waals surface area contributed by atoms with Crippen molar-refractivity contribution in [1.29, 1.82) is 0 Å². The van der Waals surface area contributed by atoms with Crippen molar-refractivity contribution < 1.29 is 4.42 Å². The molecule has 0 aliphatic heterocycles. The van der Waals surface area contributed by atoms with Crippen molar-refractivity contribution in [3.05, 3.63) is 48.5 Å². The Kier molecular flexibility index (Phi) is 16.1. The van der Waals surface area contributed by atoms with E-state index in [-0.39, 0.29) is 0 Å². The van der Waals surface area contributed by atoms with E-state index in [2.05, 4.69) is 281 Å². The molecule has 0 radical (unpaired) electrons. The summed E-state index contributed by atoms with van der Waals surface area (Å²) in [6.07, 6.45) is 0. The third-order valence-electron chi connectivity index (χ3n) is 23.2. The fourth-order valence-corrected chi connectivity index (χ4v) is 15.9. The quantitative estimate of drug-likeness (QED) is 0.117. The second kappa shape index (κ2) is 22.3. The summed E-state index contributed by atoms with van der Waals surface area (Å²) in [6, 6.07) is 19.9. The van der Waals surface area contributed by atoms with Crippen LogP contribution < -0.4 is 163 Å². The molecule has 0 N–H and O–H groups in total. The van der Waals surface area contributed by atoms with E-state index in [1.165, 1.54) is 247 Å². The molecule has 388 valence electrons. The molecule has 0 aliphatic rings. The van der Waals surface area contributed by atoms with E-state index in [9.17, 15) is 0 Å². The Morgan fingerprint density at radius 1 is 0.218 bits per heavy atom. The summed E-state index contributed by atoms with van der Waals surface area (Å²) in [6.45, 7) is 0. The van der Waals surface area contributed by atoms with Crippen molar-refractivity contribution in [3.63, 3.8) is 0 Å². The molecular formula is C56H66B29NO. The van der Waals surface area contributed by atoms with E-state index in [1.54, 1.807) is 0 Å². The Hall–Kier alpha value is -5.80. The van der Waals surface area contributed by atoms with Crippen molar-refractivity contribution in [2.45, 2.75) is 0 Å². The monoisotopic (exact) mass is 1090 g/mol. The third-order valence-corrected chi connectivity index (χ3v) is 23.2. The van der Waals surface area contributed by atoms with Crippen LogP contribution in [-0.2, 0) is 0 Å². The van der Waals surface area contributed by atoms with Gasteiger partial charge in [-0.2, -0.15) is 0 Å². The molecule has 2 nitrogen and oxygen atoms in total. The topological polar surface area (TPSA) is 16.4 Å². The summed E-state index contributed by atoms with van der Waals surface area (Å²) >= 11 is 0. The van der Waals surface area contributed by atoms with Gasteiger partial charge in [0.2, 0.25) is 0 Å². The highest BCUT2D eigenvalue weighted by Crippen LogP contribution is 2.39. The molecule has 0 saturated heterocycles. The summed E-state index contributed by atoms with van der Waals surface area (Å²) in [7, 11) is 67.4. The number of fused-ring (bicyclic) bond motifs is 6. The summed E-state index contributed by atoms with van der Waals surface area (Å²) < 4.78 is 7.30. The van der Waals surface area contributed by atoms with Gasteiger partial charge >= 0.3 is 0 Å². The van der Waals surface area contributed by atoms with Crippen LogP contribution in [0.1, 0.15) is 0 Å². The molecule has 1 heterocycles. The Bertz CT molecular complexity index is 4950. The largest absolute Gasteiger partial charge is 0.456 e. The molecule has 31 heteroatoms. The van der Waals surface area contributed by atoms with Gasteiger partial charge in [-0.1, -0.05) is 144 Å². The lowest BCUT2D eigenvalue weighted by molar-refractivity contribution is 0.673. The SMILES string of the molecule is Bc1cc(-c2c(-c3cc(B)c(B)c(B)c3B)cc(N(c3cc(B)c(-c4c(B)c(B)c(B)c5c4oc4c(B)c(B)c(B)c(B)c45)c(B)c3)c3cc(B)c(-c4c(B)c5c(B)c(B)c(B)c(B)c5c5c(B)c(B)c(B)cc45)c(B)c3B)c(B)c2B)cc(B)c1B. The van der Waals surface area contributed by atoms with Gasteiger partial charge in [-0.25, -0.2) is 0 Å². The lowest BCUT2D eigenvalue weighted by Gasteiger charge is -2.35. The second-order valence-electron chi connectivity index (χ2n) is 27.4. The smallest absolute Gasteiger partial charge is 0.143 e. The minimum Gasteiger partial charge on any atom is -0.456 e. The normalized spacial score (nSPS) is 11.6. The van der Waals surface area contributed by atoms with Crippen molar-refractivity contribution >= 4 is 447 Å². The van der Waals surface area contributed by atoms with Crippen LogP contribution in [0.3, 0.4) is 0 Å². The van der Waals surface area contributed by atoms with Crippen LogP contribution >= 0.6 is 0 Å². The van der Waals surface area contributed by atoms with Crippen LogP contribution in [0.2, 0.25) is 0 Å². The van der Waals surface area contributed by atoms with Crippen LogP contribution in [0.15, 0.2) is 52.9 Å². The Morgan fingerprint density at radius 2 is 0.632 bits per heavy atom. The van der Waals surface area contributed by atoms with Gasteiger partial charge in [0.05, 0.1) is 0 Å². The molecule has 0 amide bonds. The molecule has 11 rings (SSSR count). The fourth-order valence-electron chi connectivity index (χ4n) is 15.9. The van der Waals surface area contributed by atoms with Gasteiger partial charge in [-0.15, -0.1) is 38.2 Å². The van der Waals surface area contributed by atoms with Crippen molar-refractivity contribution in [1.82, 2.24) is 0 Å². The molecule has 10 aromatic carbocycles. The Labute approximate surface area is 544 Å². The molecule has 0 atom stereocenters. The summed E-state index contributed by atoms with van der Waals surface area (Å²) in [5.74, 6) is 0. The van der Waals surface area contributed by atoms with Crippen LogP contribution in [0.25, 0.3) is 88.0 Å². The average Bonchev–Trinajstić information content (AvgIpc) is 1.60. The first-order valence-electron chi connectivity index (χ1n) is 31.9. The van der Waals surface area contributed by atoms with Gasteiger partial charge < -0.3 is 9.32 Å². The second-order valence-corrected chi connectivity index (χ2v) is 27.4. The number of rotatable bonds is 7. The maximum atomic E-state index is 7.30. The first kappa shape index (κ1) is 62.8. The number of nitrogens with zero attached hydrogens (tertiary/aromatic N) is 1. The lowest BCUT2D eigenvalue weighted by Crippen LogP contribution is -2.50. The predicted octanol–water partition coefficient (Wildman–Crippen LogP) is -34.5.